The van der Waals surface area contributed by atoms with Crippen LogP contribution in [0.25, 0.3) is 11.8 Å². The van der Waals surface area contributed by atoms with Gasteiger partial charge in [-0.2, -0.15) is 0 Å². The van der Waals surface area contributed by atoms with Gasteiger partial charge in [0.05, 0.1) is 7.11 Å². The Morgan fingerprint density at radius 3 is 1.77 bits per heavy atom. The van der Waals surface area contributed by atoms with Crippen LogP contribution in [-0.2, 0) is 4.74 Å². The van der Waals surface area contributed by atoms with Crippen LogP contribution in [0, 0.1) is 0 Å². The zero-order chi connectivity index (χ0) is 20.3. The molecule has 0 unspecified atom stereocenters. The standard InChI is InChI=1S/C28H23OP/c1-29-27-20-21-12-8-9-17-24(21)28(26-19-11-10-18-25(26)27)30(22-13-4-2-5-14-22)23-15-6-3-7-16-23/h2-20,28H,1H3/t28-/m1/s1. The van der Waals surface area contributed by atoms with Crippen molar-refractivity contribution in [3.05, 3.63) is 131 Å². The van der Waals surface area contributed by atoms with Crippen molar-refractivity contribution in [2.75, 3.05) is 7.11 Å². The van der Waals surface area contributed by atoms with E-state index in [2.05, 4.69) is 115 Å². The van der Waals surface area contributed by atoms with Crippen molar-refractivity contribution in [2.45, 2.75) is 5.66 Å². The van der Waals surface area contributed by atoms with E-state index in [0.717, 1.165) is 5.76 Å². The maximum Gasteiger partial charge on any atom is 0.126 e. The van der Waals surface area contributed by atoms with Crippen molar-refractivity contribution >= 4 is 30.4 Å². The second-order valence-electron chi connectivity index (χ2n) is 7.37. The Morgan fingerprint density at radius 2 is 1.13 bits per heavy atom. The summed E-state index contributed by atoms with van der Waals surface area (Å²) >= 11 is 0. The number of ether oxygens (including phenoxy) is 1. The first-order valence-corrected chi connectivity index (χ1v) is 11.6. The highest BCUT2D eigenvalue weighted by molar-refractivity contribution is 7.73. The molecule has 0 radical (unpaired) electrons. The molecule has 4 aromatic carbocycles. The minimum atomic E-state index is -0.672. The molecule has 1 atom stereocenters. The van der Waals surface area contributed by atoms with Gasteiger partial charge in [0.15, 0.2) is 0 Å². The van der Waals surface area contributed by atoms with E-state index in [4.69, 9.17) is 4.74 Å². The van der Waals surface area contributed by atoms with Crippen molar-refractivity contribution in [3.8, 4) is 0 Å². The molecule has 0 saturated heterocycles. The van der Waals surface area contributed by atoms with Crippen LogP contribution in [0.4, 0.5) is 0 Å². The normalized spacial score (nSPS) is 15.0. The van der Waals surface area contributed by atoms with Gasteiger partial charge in [-0.25, -0.2) is 0 Å². The number of methoxy groups -OCH3 is 1. The van der Waals surface area contributed by atoms with Crippen molar-refractivity contribution < 1.29 is 4.74 Å². The summed E-state index contributed by atoms with van der Waals surface area (Å²) in [5, 5.41) is 2.77. The second-order valence-corrected chi connectivity index (χ2v) is 9.66. The largest absolute Gasteiger partial charge is 0.496 e. The summed E-state index contributed by atoms with van der Waals surface area (Å²) in [6, 6.07) is 39.4. The van der Waals surface area contributed by atoms with Crippen LogP contribution >= 0.6 is 7.92 Å². The van der Waals surface area contributed by atoms with Crippen molar-refractivity contribution in [3.63, 3.8) is 0 Å². The third-order valence-electron chi connectivity index (χ3n) is 5.64. The number of hydrogen-bond acceptors (Lipinski definition) is 1. The Balaban J connectivity index is 1.83. The lowest BCUT2D eigenvalue weighted by Gasteiger charge is -2.31. The SMILES string of the molecule is COC1=Cc2ccccc2[C@@H](P(c2ccccc2)c2ccccc2)c2ccccc21. The molecule has 0 bridgehead atoms. The Labute approximate surface area is 179 Å². The van der Waals surface area contributed by atoms with Gasteiger partial charge in [-0.1, -0.05) is 109 Å². The lowest BCUT2D eigenvalue weighted by atomic mass is 9.99. The predicted octanol–water partition coefficient (Wildman–Crippen LogP) is 6.37. The molecule has 1 aliphatic rings. The molecule has 146 valence electrons. The van der Waals surface area contributed by atoms with Gasteiger partial charge >= 0.3 is 0 Å². The Bertz CT molecular complexity index is 1140. The zero-order valence-corrected chi connectivity index (χ0v) is 17.8. The summed E-state index contributed by atoms with van der Waals surface area (Å²) in [5.41, 5.74) is 5.33. The number of rotatable bonds is 4. The van der Waals surface area contributed by atoms with Gasteiger partial charge in [0.25, 0.3) is 0 Å². The summed E-state index contributed by atoms with van der Waals surface area (Å²) in [5.74, 6) is 0.927. The van der Waals surface area contributed by atoms with Gasteiger partial charge in [0.2, 0.25) is 0 Å². The molecule has 1 nitrogen and oxygen atoms in total. The molecule has 0 aliphatic heterocycles. The van der Waals surface area contributed by atoms with E-state index in [1.54, 1.807) is 7.11 Å². The molecule has 0 spiro atoms. The highest BCUT2D eigenvalue weighted by Gasteiger charge is 2.33. The van der Waals surface area contributed by atoms with Crippen molar-refractivity contribution in [1.29, 1.82) is 0 Å². The highest BCUT2D eigenvalue weighted by atomic mass is 31.1. The van der Waals surface area contributed by atoms with E-state index < -0.39 is 7.92 Å². The van der Waals surface area contributed by atoms with Gasteiger partial charge in [0.1, 0.15) is 5.76 Å². The third kappa shape index (κ3) is 3.36. The summed E-state index contributed by atoms with van der Waals surface area (Å²) in [6.07, 6.45) is 2.19. The minimum absolute atomic E-state index is 0.237. The van der Waals surface area contributed by atoms with Gasteiger partial charge < -0.3 is 4.74 Å². The van der Waals surface area contributed by atoms with E-state index in [1.807, 2.05) is 0 Å². The molecule has 0 aromatic heterocycles. The topological polar surface area (TPSA) is 9.23 Å². The maximum atomic E-state index is 5.86. The quantitative estimate of drug-likeness (QED) is 0.358. The lowest BCUT2D eigenvalue weighted by molar-refractivity contribution is 0.372. The first kappa shape index (κ1) is 18.9. The molecule has 5 rings (SSSR count). The van der Waals surface area contributed by atoms with Gasteiger partial charge in [-0.05, 0) is 41.3 Å². The van der Waals surface area contributed by atoms with Crippen molar-refractivity contribution in [1.82, 2.24) is 0 Å². The molecular weight excluding hydrogens is 383 g/mol. The lowest BCUT2D eigenvalue weighted by Crippen LogP contribution is -2.18. The third-order valence-corrected chi connectivity index (χ3v) is 8.43. The Morgan fingerprint density at radius 1 is 0.600 bits per heavy atom. The molecule has 4 aromatic rings. The van der Waals surface area contributed by atoms with E-state index in [9.17, 15) is 0 Å². The molecular formula is C28H23OP. The fourth-order valence-electron chi connectivity index (χ4n) is 4.31. The molecule has 0 saturated carbocycles. The fourth-order valence-corrected chi connectivity index (χ4v) is 7.21. The van der Waals surface area contributed by atoms with Gasteiger partial charge in [-0.15, -0.1) is 0 Å². The molecule has 0 fully saturated rings. The molecule has 0 amide bonds. The van der Waals surface area contributed by atoms with Crippen LogP contribution in [0.2, 0.25) is 0 Å². The minimum Gasteiger partial charge on any atom is -0.496 e. The van der Waals surface area contributed by atoms with Crippen LogP contribution in [0.1, 0.15) is 27.9 Å². The van der Waals surface area contributed by atoms with Crippen LogP contribution in [0.5, 0.6) is 0 Å². The number of fused-ring (bicyclic) bond motifs is 2. The fraction of sp³-hybridized carbons (Fsp3) is 0.0714. The molecule has 30 heavy (non-hydrogen) atoms. The van der Waals surface area contributed by atoms with Gasteiger partial charge in [-0.3, -0.25) is 0 Å². The first-order valence-electron chi connectivity index (χ1n) is 10.2. The highest BCUT2D eigenvalue weighted by Crippen LogP contribution is 2.56. The monoisotopic (exact) mass is 406 g/mol. The average molecular weight is 406 g/mol. The van der Waals surface area contributed by atoms with E-state index in [1.165, 1.54) is 32.9 Å². The number of benzene rings is 4. The smallest absolute Gasteiger partial charge is 0.126 e. The molecule has 2 heteroatoms. The second kappa shape index (κ2) is 8.30. The summed E-state index contributed by atoms with van der Waals surface area (Å²) < 4.78 is 5.86. The predicted molar refractivity (Wildman–Crippen MR) is 129 cm³/mol. The van der Waals surface area contributed by atoms with Crippen LogP contribution in [0.15, 0.2) is 109 Å². The van der Waals surface area contributed by atoms with Gasteiger partial charge in [0, 0.05) is 11.2 Å². The zero-order valence-electron chi connectivity index (χ0n) is 16.9. The summed E-state index contributed by atoms with van der Waals surface area (Å²) in [4.78, 5) is 0. The summed E-state index contributed by atoms with van der Waals surface area (Å²) in [7, 11) is 1.09. The van der Waals surface area contributed by atoms with E-state index >= 15 is 0 Å². The maximum absolute atomic E-state index is 5.86. The Kier molecular flexibility index (Phi) is 5.22. The van der Waals surface area contributed by atoms with Crippen molar-refractivity contribution in [2.24, 2.45) is 0 Å². The molecule has 1 aliphatic carbocycles. The summed E-state index contributed by atoms with van der Waals surface area (Å²) in [6.45, 7) is 0. The number of hydrogen-bond donors (Lipinski definition) is 0. The van der Waals surface area contributed by atoms with Crippen LogP contribution < -0.4 is 10.6 Å². The Hall–Kier alpha value is -3.15. The molecule has 0 N–H and O–H groups in total. The van der Waals surface area contributed by atoms with E-state index in [0.29, 0.717) is 0 Å². The van der Waals surface area contributed by atoms with Crippen LogP contribution in [0.3, 0.4) is 0 Å². The van der Waals surface area contributed by atoms with E-state index in [-0.39, 0.29) is 5.66 Å². The first-order chi connectivity index (χ1) is 14.9. The molecule has 0 heterocycles. The average Bonchev–Trinajstić information content (AvgIpc) is 2.96. The van der Waals surface area contributed by atoms with Crippen LogP contribution in [-0.4, -0.2) is 7.11 Å².